The highest BCUT2D eigenvalue weighted by atomic mass is 32.2. The van der Waals surface area contributed by atoms with Gasteiger partial charge in [0.05, 0.1) is 6.42 Å². The van der Waals surface area contributed by atoms with Crippen molar-refractivity contribution < 1.29 is 13.2 Å². The van der Waals surface area contributed by atoms with Gasteiger partial charge in [0.1, 0.15) is 0 Å². The van der Waals surface area contributed by atoms with E-state index in [9.17, 15) is 13.2 Å². The SMILES string of the molecule is CSc1ccc(CNCCC(F)(F)F)cc1. The number of hydrogen-bond acceptors (Lipinski definition) is 2. The second-order valence-electron chi connectivity index (χ2n) is 3.39. The maximum atomic E-state index is 11.8. The Morgan fingerprint density at radius 1 is 1.19 bits per heavy atom. The van der Waals surface area contributed by atoms with Gasteiger partial charge in [-0.1, -0.05) is 12.1 Å². The van der Waals surface area contributed by atoms with Crippen molar-refractivity contribution in [2.45, 2.75) is 24.0 Å². The van der Waals surface area contributed by atoms with Crippen LogP contribution in [0.3, 0.4) is 0 Å². The summed E-state index contributed by atoms with van der Waals surface area (Å²) in [6, 6.07) is 7.77. The minimum Gasteiger partial charge on any atom is -0.312 e. The molecule has 0 bridgehead atoms. The lowest BCUT2D eigenvalue weighted by atomic mass is 10.2. The van der Waals surface area contributed by atoms with Crippen LogP contribution in [0.5, 0.6) is 0 Å². The van der Waals surface area contributed by atoms with Gasteiger partial charge in [0, 0.05) is 18.0 Å². The van der Waals surface area contributed by atoms with Crippen LogP contribution in [-0.4, -0.2) is 19.0 Å². The number of thioether (sulfide) groups is 1. The second-order valence-corrected chi connectivity index (χ2v) is 4.27. The van der Waals surface area contributed by atoms with E-state index in [1.807, 2.05) is 30.5 Å². The molecule has 0 spiro atoms. The molecule has 16 heavy (non-hydrogen) atoms. The fourth-order valence-corrected chi connectivity index (χ4v) is 1.61. The van der Waals surface area contributed by atoms with Gasteiger partial charge >= 0.3 is 6.18 Å². The lowest BCUT2D eigenvalue weighted by Gasteiger charge is -2.08. The summed E-state index contributed by atoms with van der Waals surface area (Å²) in [7, 11) is 0. The van der Waals surface area contributed by atoms with Crippen LogP contribution in [0.1, 0.15) is 12.0 Å². The quantitative estimate of drug-likeness (QED) is 0.633. The zero-order chi connectivity index (χ0) is 12.0. The van der Waals surface area contributed by atoms with Crippen molar-refractivity contribution >= 4 is 11.8 Å². The summed E-state index contributed by atoms with van der Waals surface area (Å²) >= 11 is 1.64. The van der Waals surface area contributed by atoms with E-state index in [2.05, 4.69) is 5.32 Å². The maximum absolute atomic E-state index is 11.8. The molecule has 1 rings (SSSR count). The molecule has 0 saturated carbocycles. The van der Waals surface area contributed by atoms with E-state index in [1.54, 1.807) is 11.8 Å². The van der Waals surface area contributed by atoms with E-state index in [4.69, 9.17) is 0 Å². The minimum atomic E-state index is -4.07. The molecule has 90 valence electrons. The van der Waals surface area contributed by atoms with Crippen LogP contribution in [0.2, 0.25) is 0 Å². The molecular weight excluding hydrogens is 235 g/mol. The van der Waals surface area contributed by atoms with Crippen molar-refractivity contribution in [3.05, 3.63) is 29.8 Å². The number of alkyl halides is 3. The fraction of sp³-hybridized carbons (Fsp3) is 0.455. The van der Waals surface area contributed by atoms with Gasteiger partial charge in [-0.2, -0.15) is 13.2 Å². The van der Waals surface area contributed by atoms with Crippen LogP contribution >= 0.6 is 11.8 Å². The Labute approximate surface area is 97.4 Å². The Bertz CT molecular complexity index is 308. The molecule has 0 radical (unpaired) electrons. The lowest BCUT2D eigenvalue weighted by molar-refractivity contribution is -0.133. The molecule has 1 aromatic carbocycles. The molecule has 0 fully saturated rings. The summed E-state index contributed by atoms with van der Waals surface area (Å²) in [4.78, 5) is 1.15. The number of rotatable bonds is 5. The van der Waals surface area contributed by atoms with E-state index in [0.717, 1.165) is 10.5 Å². The van der Waals surface area contributed by atoms with Crippen molar-refractivity contribution in [2.75, 3.05) is 12.8 Å². The van der Waals surface area contributed by atoms with Crippen molar-refractivity contribution in [3.63, 3.8) is 0 Å². The number of halogens is 3. The first-order chi connectivity index (χ1) is 7.51. The molecule has 0 aliphatic carbocycles. The molecular formula is C11H14F3NS. The lowest BCUT2D eigenvalue weighted by Crippen LogP contribution is -2.21. The Morgan fingerprint density at radius 2 is 1.81 bits per heavy atom. The molecule has 0 aliphatic heterocycles. The van der Waals surface area contributed by atoms with Gasteiger partial charge in [-0.15, -0.1) is 11.8 Å². The molecule has 0 aliphatic rings. The number of benzene rings is 1. The summed E-state index contributed by atoms with van der Waals surface area (Å²) in [6.45, 7) is 0.443. The van der Waals surface area contributed by atoms with Gasteiger partial charge < -0.3 is 5.32 Å². The van der Waals surface area contributed by atoms with Gasteiger partial charge in [0.25, 0.3) is 0 Å². The molecule has 5 heteroatoms. The van der Waals surface area contributed by atoms with E-state index >= 15 is 0 Å². The normalized spacial score (nSPS) is 11.8. The highest BCUT2D eigenvalue weighted by Gasteiger charge is 2.25. The van der Waals surface area contributed by atoms with Crippen LogP contribution in [0.15, 0.2) is 29.2 Å². The molecule has 0 aromatic heterocycles. The molecule has 0 amide bonds. The predicted octanol–water partition coefficient (Wildman–Crippen LogP) is 3.45. The second kappa shape index (κ2) is 6.15. The van der Waals surface area contributed by atoms with Crippen molar-refractivity contribution in [1.29, 1.82) is 0 Å². The van der Waals surface area contributed by atoms with E-state index in [0.29, 0.717) is 6.54 Å². The Hall–Kier alpha value is -0.680. The van der Waals surface area contributed by atoms with Crippen molar-refractivity contribution in [3.8, 4) is 0 Å². The molecule has 0 heterocycles. The predicted molar refractivity (Wildman–Crippen MR) is 60.6 cm³/mol. The third kappa shape index (κ3) is 5.42. The first-order valence-corrected chi connectivity index (χ1v) is 6.14. The molecule has 0 unspecified atom stereocenters. The van der Waals surface area contributed by atoms with E-state index < -0.39 is 12.6 Å². The standard InChI is InChI=1S/C11H14F3NS/c1-16-10-4-2-9(3-5-10)8-15-7-6-11(12,13)14/h2-5,15H,6-8H2,1H3. The first kappa shape index (κ1) is 13.4. The van der Waals surface area contributed by atoms with Crippen LogP contribution in [-0.2, 0) is 6.54 Å². The molecule has 1 nitrogen and oxygen atoms in total. The summed E-state index contributed by atoms with van der Waals surface area (Å²) in [6.07, 6.45) is -2.87. The fourth-order valence-electron chi connectivity index (χ4n) is 1.21. The average molecular weight is 249 g/mol. The highest BCUT2D eigenvalue weighted by molar-refractivity contribution is 7.98. The van der Waals surface area contributed by atoms with Crippen LogP contribution in [0.4, 0.5) is 13.2 Å². The summed E-state index contributed by atoms with van der Waals surface area (Å²) < 4.78 is 35.5. The highest BCUT2D eigenvalue weighted by Crippen LogP contribution is 2.18. The van der Waals surface area contributed by atoms with Gasteiger partial charge in [-0.05, 0) is 24.0 Å². The van der Waals surface area contributed by atoms with Gasteiger partial charge in [0.15, 0.2) is 0 Å². The zero-order valence-electron chi connectivity index (χ0n) is 8.97. The average Bonchev–Trinajstić information content (AvgIpc) is 2.24. The topological polar surface area (TPSA) is 12.0 Å². The third-order valence-corrected chi connectivity index (χ3v) is 2.82. The van der Waals surface area contributed by atoms with Crippen LogP contribution in [0.25, 0.3) is 0 Å². The van der Waals surface area contributed by atoms with Crippen LogP contribution < -0.4 is 5.32 Å². The first-order valence-electron chi connectivity index (χ1n) is 4.91. The maximum Gasteiger partial charge on any atom is 0.390 e. The molecule has 1 N–H and O–H groups in total. The Balaban J connectivity index is 2.27. The Kier molecular flexibility index (Phi) is 5.15. The molecule has 0 saturated heterocycles. The summed E-state index contributed by atoms with van der Waals surface area (Å²) in [5, 5.41) is 2.77. The smallest absolute Gasteiger partial charge is 0.312 e. The monoisotopic (exact) mass is 249 g/mol. The summed E-state index contributed by atoms with van der Waals surface area (Å²) in [5.74, 6) is 0. The van der Waals surface area contributed by atoms with E-state index in [-0.39, 0.29) is 6.54 Å². The zero-order valence-corrected chi connectivity index (χ0v) is 9.79. The van der Waals surface area contributed by atoms with Gasteiger partial charge in [-0.3, -0.25) is 0 Å². The summed E-state index contributed by atoms with van der Waals surface area (Å²) in [5.41, 5.74) is 1.000. The molecule has 0 atom stereocenters. The van der Waals surface area contributed by atoms with Crippen LogP contribution in [0, 0.1) is 0 Å². The third-order valence-electron chi connectivity index (χ3n) is 2.07. The van der Waals surface area contributed by atoms with Crippen molar-refractivity contribution in [2.24, 2.45) is 0 Å². The molecule has 1 aromatic rings. The van der Waals surface area contributed by atoms with Crippen molar-refractivity contribution in [1.82, 2.24) is 5.32 Å². The largest absolute Gasteiger partial charge is 0.390 e. The van der Waals surface area contributed by atoms with Gasteiger partial charge in [0.2, 0.25) is 0 Å². The minimum absolute atomic E-state index is 0.0339. The Morgan fingerprint density at radius 3 is 2.31 bits per heavy atom. The van der Waals surface area contributed by atoms with Gasteiger partial charge in [-0.25, -0.2) is 0 Å². The number of hydrogen-bond donors (Lipinski definition) is 1. The number of nitrogens with one attached hydrogen (secondary N) is 1. The van der Waals surface area contributed by atoms with E-state index in [1.165, 1.54) is 0 Å².